The Morgan fingerprint density at radius 2 is 1.83 bits per heavy atom. The molecule has 0 fully saturated rings. The van der Waals surface area contributed by atoms with Gasteiger partial charge >= 0.3 is 0 Å². The number of Topliss-reactive ketones (excluding diaryl/α,β-unsaturated/α-hetero) is 1. The van der Waals surface area contributed by atoms with Crippen molar-refractivity contribution in [2.45, 2.75) is 31.1 Å². The first-order chi connectivity index (χ1) is 11.3. The van der Waals surface area contributed by atoms with E-state index in [1.54, 1.807) is 0 Å². The van der Waals surface area contributed by atoms with Gasteiger partial charge in [0.2, 0.25) is 0 Å². The van der Waals surface area contributed by atoms with Gasteiger partial charge in [0, 0.05) is 0 Å². The number of hydrogen-bond donors (Lipinski definition) is 0. The fourth-order valence-electron chi connectivity index (χ4n) is 5.13. The van der Waals surface area contributed by atoms with Gasteiger partial charge in [0.1, 0.15) is 0 Å². The maximum Gasteiger partial charge on any atom is 0.155 e. The van der Waals surface area contributed by atoms with Crippen LogP contribution in [0.3, 0.4) is 0 Å². The van der Waals surface area contributed by atoms with E-state index >= 15 is 0 Å². The van der Waals surface area contributed by atoms with Gasteiger partial charge in [-0.3, -0.25) is 4.79 Å². The van der Waals surface area contributed by atoms with E-state index in [4.69, 9.17) is 0 Å². The molecular formula is C22H16O. The standard InChI is InChI=1S/C22H16O/c23-22-17-6-1-3-12-7-8-13-9-10-15-11-14-4-2-5-16(14)21(22)20(15)19(13)18(12)17/h1,4-10,17,21H,2-3,11H2. The second-order valence-electron chi connectivity index (χ2n) is 7.12. The Balaban J connectivity index is 1.83. The number of hydrogen-bond acceptors (Lipinski definition) is 1. The zero-order valence-corrected chi connectivity index (χ0v) is 12.8. The third kappa shape index (κ3) is 1.33. The number of benzene rings is 2. The molecule has 110 valence electrons. The minimum absolute atomic E-state index is 0.0355. The molecule has 0 heterocycles. The molecule has 0 aliphatic heterocycles. The van der Waals surface area contributed by atoms with Crippen molar-refractivity contribution in [3.63, 3.8) is 0 Å². The first-order valence-corrected chi connectivity index (χ1v) is 8.50. The lowest BCUT2D eigenvalue weighted by molar-refractivity contribution is -0.120. The van der Waals surface area contributed by atoms with Gasteiger partial charge in [0.25, 0.3) is 0 Å². The largest absolute Gasteiger partial charge is 0.298 e. The van der Waals surface area contributed by atoms with Crippen molar-refractivity contribution >= 4 is 16.6 Å². The zero-order chi connectivity index (χ0) is 15.1. The van der Waals surface area contributed by atoms with E-state index in [1.165, 1.54) is 44.2 Å². The highest BCUT2D eigenvalue weighted by molar-refractivity contribution is 6.09. The van der Waals surface area contributed by atoms with E-state index in [1.807, 2.05) is 0 Å². The fourth-order valence-corrected chi connectivity index (χ4v) is 5.13. The number of ketones is 1. The summed E-state index contributed by atoms with van der Waals surface area (Å²) >= 11 is 0. The van der Waals surface area contributed by atoms with Crippen molar-refractivity contribution in [2.75, 3.05) is 0 Å². The first-order valence-electron chi connectivity index (χ1n) is 8.50. The van der Waals surface area contributed by atoms with Gasteiger partial charge in [0.15, 0.2) is 5.78 Å². The van der Waals surface area contributed by atoms with Crippen molar-refractivity contribution in [3.05, 3.63) is 82.0 Å². The van der Waals surface area contributed by atoms with Crippen molar-refractivity contribution in [3.8, 4) is 0 Å². The molecule has 0 spiro atoms. The van der Waals surface area contributed by atoms with Crippen LogP contribution < -0.4 is 0 Å². The molecule has 0 amide bonds. The minimum atomic E-state index is -0.0453. The summed E-state index contributed by atoms with van der Waals surface area (Å²) in [6.45, 7) is 0. The third-order valence-electron chi connectivity index (χ3n) is 6.07. The lowest BCUT2D eigenvalue weighted by Crippen LogP contribution is -2.31. The molecule has 4 aliphatic rings. The quantitative estimate of drug-likeness (QED) is 0.653. The van der Waals surface area contributed by atoms with E-state index in [-0.39, 0.29) is 11.8 Å². The van der Waals surface area contributed by atoms with Crippen molar-refractivity contribution in [1.82, 2.24) is 0 Å². The van der Waals surface area contributed by atoms with Gasteiger partial charge in [0.05, 0.1) is 11.8 Å². The predicted octanol–water partition coefficient (Wildman–Crippen LogP) is 4.51. The van der Waals surface area contributed by atoms with Gasteiger partial charge in [-0.25, -0.2) is 0 Å². The lowest BCUT2D eigenvalue weighted by atomic mass is 9.64. The number of carbonyl (C=O) groups excluding carboxylic acids is 1. The first kappa shape index (κ1) is 12.1. The topological polar surface area (TPSA) is 17.1 Å². The van der Waals surface area contributed by atoms with Crippen LogP contribution in [0.4, 0.5) is 0 Å². The van der Waals surface area contributed by atoms with Crippen molar-refractivity contribution in [1.29, 1.82) is 0 Å². The Labute approximate surface area is 135 Å². The monoisotopic (exact) mass is 296 g/mol. The summed E-state index contributed by atoms with van der Waals surface area (Å²) in [6, 6.07) is 8.96. The SMILES string of the molecule is O=C1C2C=CCc3ccc4ccc5c(c4c32)C1C1=CCC=C1C5. The van der Waals surface area contributed by atoms with Crippen LogP contribution in [0.25, 0.3) is 10.8 Å². The highest BCUT2D eigenvalue weighted by atomic mass is 16.1. The van der Waals surface area contributed by atoms with E-state index in [9.17, 15) is 4.79 Å². The second-order valence-corrected chi connectivity index (χ2v) is 7.12. The average Bonchev–Trinajstić information content (AvgIpc) is 3.05. The molecular weight excluding hydrogens is 280 g/mol. The van der Waals surface area contributed by atoms with Crippen LogP contribution in [0.1, 0.15) is 40.5 Å². The summed E-state index contributed by atoms with van der Waals surface area (Å²) in [5.41, 5.74) is 8.00. The molecule has 2 unspecified atom stereocenters. The molecule has 1 nitrogen and oxygen atoms in total. The van der Waals surface area contributed by atoms with Gasteiger partial charge in [-0.1, -0.05) is 48.6 Å². The average molecular weight is 296 g/mol. The number of rotatable bonds is 0. The van der Waals surface area contributed by atoms with E-state index in [2.05, 4.69) is 48.6 Å². The molecule has 4 aliphatic carbocycles. The summed E-state index contributed by atoms with van der Waals surface area (Å²) in [5, 5.41) is 2.68. The summed E-state index contributed by atoms with van der Waals surface area (Å²) in [4.78, 5) is 13.4. The molecule has 2 aromatic carbocycles. The molecule has 0 saturated carbocycles. The maximum absolute atomic E-state index is 13.4. The normalized spacial score (nSPS) is 26.2. The van der Waals surface area contributed by atoms with E-state index in [0.717, 1.165) is 19.3 Å². The zero-order valence-electron chi connectivity index (χ0n) is 12.8. The Morgan fingerprint density at radius 3 is 2.74 bits per heavy atom. The van der Waals surface area contributed by atoms with Crippen LogP contribution in [-0.2, 0) is 17.6 Å². The second kappa shape index (κ2) is 3.91. The van der Waals surface area contributed by atoms with Crippen molar-refractivity contribution in [2.24, 2.45) is 0 Å². The molecule has 1 heteroatoms. The Kier molecular flexibility index (Phi) is 2.05. The minimum Gasteiger partial charge on any atom is -0.298 e. The lowest BCUT2D eigenvalue weighted by Gasteiger charge is -2.38. The predicted molar refractivity (Wildman–Crippen MR) is 91.8 cm³/mol. The van der Waals surface area contributed by atoms with Gasteiger partial charge in [-0.05, 0) is 63.4 Å². The van der Waals surface area contributed by atoms with Crippen molar-refractivity contribution < 1.29 is 4.79 Å². The van der Waals surface area contributed by atoms with Crippen LogP contribution in [0.2, 0.25) is 0 Å². The molecule has 2 atom stereocenters. The van der Waals surface area contributed by atoms with Crippen LogP contribution in [0.5, 0.6) is 0 Å². The molecule has 0 bridgehead atoms. The van der Waals surface area contributed by atoms with Crippen LogP contribution in [0.15, 0.2) is 59.7 Å². The highest BCUT2D eigenvalue weighted by Crippen LogP contribution is 2.53. The molecule has 0 N–H and O–H groups in total. The highest BCUT2D eigenvalue weighted by Gasteiger charge is 2.43. The van der Waals surface area contributed by atoms with E-state index < -0.39 is 0 Å². The third-order valence-corrected chi connectivity index (χ3v) is 6.07. The Morgan fingerprint density at radius 1 is 0.957 bits per heavy atom. The molecule has 0 radical (unpaired) electrons. The maximum atomic E-state index is 13.4. The summed E-state index contributed by atoms with van der Waals surface area (Å²) in [6.07, 6.45) is 11.8. The molecule has 6 rings (SSSR count). The summed E-state index contributed by atoms with van der Waals surface area (Å²) in [5.74, 6) is 0.302. The molecule has 0 saturated heterocycles. The van der Waals surface area contributed by atoms with Gasteiger partial charge in [-0.15, -0.1) is 0 Å². The summed E-state index contributed by atoms with van der Waals surface area (Å²) in [7, 11) is 0. The number of carbonyl (C=O) groups is 1. The van der Waals surface area contributed by atoms with Crippen LogP contribution in [-0.4, -0.2) is 5.78 Å². The number of fused-ring (bicyclic) bond motifs is 2. The Hall–Kier alpha value is -2.41. The van der Waals surface area contributed by atoms with Crippen LogP contribution in [0, 0.1) is 0 Å². The van der Waals surface area contributed by atoms with Crippen LogP contribution >= 0.6 is 0 Å². The molecule has 2 aromatic rings. The summed E-state index contributed by atoms with van der Waals surface area (Å²) < 4.78 is 0. The number of allylic oxidation sites excluding steroid dienone is 6. The van der Waals surface area contributed by atoms with Gasteiger partial charge < -0.3 is 0 Å². The van der Waals surface area contributed by atoms with E-state index in [0.29, 0.717) is 5.78 Å². The smallest absolute Gasteiger partial charge is 0.155 e. The Bertz CT molecular complexity index is 1020. The van der Waals surface area contributed by atoms with Gasteiger partial charge in [-0.2, -0.15) is 0 Å². The molecule has 23 heavy (non-hydrogen) atoms. The molecule has 0 aromatic heterocycles. The fraction of sp³-hybridized carbons (Fsp3) is 0.227.